The number of nitrogens with one attached hydrogen (secondary N) is 1. The Balaban J connectivity index is 2.97. The minimum absolute atomic E-state index is 0.155. The van der Waals surface area contributed by atoms with Gasteiger partial charge in [0.25, 0.3) is 0 Å². The highest BCUT2D eigenvalue weighted by Gasteiger charge is 1.95. The van der Waals surface area contributed by atoms with Gasteiger partial charge in [-0.25, -0.2) is 0 Å². The van der Waals surface area contributed by atoms with Crippen molar-refractivity contribution in [2.24, 2.45) is 0 Å². The van der Waals surface area contributed by atoms with Gasteiger partial charge >= 0.3 is 0 Å². The Hall–Kier alpha value is -0.400. The first-order valence-corrected chi connectivity index (χ1v) is 10.8. The average Bonchev–Trinajstić information content (AvgIpc) is 2.76. The third-order valence-corrected chi connectivity index (χ3v) is 3.55. The number of likely N-dealkylation sites (N-methyl/N-ethyl adjacent to an activating group) is 1. The van der Waals surface area contributed by atoms with Crippen LogP contribution < -0.4 is 5.32 Å². The van der Waals surface area contributed by atoms with E-state index in [0.717, 1.165) is 6.54 Å². The van der Waals surface area contributed by atoms with Gasteiger partial charge in [0.2, 0.25) is 0 Å². The standard InChI is InChI=1S/C20H43NO9/c1-21-3-6-24-8-10-26-12-14-28-16-18-30-20-19-29-17-15-27-13-11-25-9-7-23-5-2-4-22/h21-22H,2-20H2,1H3. The van der Waals surface area contributed by atoms with E-state index in [-0.39, 0.29) is 6.61 Å². The molecule has 0 amide bonds. The Morgan fingerprint density at radius 3 is 0.967 bits per heavy atom. The van der Waals surface area contributed by atoms with Crippen LogP contribution >= 0.6 is 0 Å². The molecule has 182 valence electrons. The lowest BCUT2D eigenvalue weighted by Crippen LogP contribution is -2.17. The fraction of sp³-hybridized carbons (Fsp3) is 1.00. The Kier molecular flexibility index (Phi) is 28.2. The molecule has 10 heteroatoms. The summed E-state index contributed by atoms with van der Waals surface area (Å²) in [5.74, 6) is 0. The lowest BCUT2D eigenvalue weighted by molar-refractivity contribution is -0.0232. The third kappa shape index (κ3) is 27.6. The molecule has 0 aliphatic heterocycles. The highest BCUT2D eigenvalue weighted by molar-refractivity contribution is 4.39. The van der Waals surface area contributed by atoms with E-state index < -0.39 is 0 Å². The van der Waals surface area contributed by atoms with Gasteiger partial charge in [-0.15, -0.1) is 0 Å². The van der Waals surface area contributed by atoms with Gasteiger partial charge in [0.05, 0.1) is 99.1 Å². The summed E-state index contributed by atoms with van der Waals surface area (Å²) in [6.45, 7) is 9.88. The number of hydrogen-bond donors (Lipinski definition) is 2. The number of hydrogen-bond acceptors (Lipinski definition) is 10. The summed E-state index contributed by atoms with van der Waals surface area (Å²) in [5.41, 5.74) is 0. The van der Waals surface area contributed by atoms with Gasteiger partial charge in [0.1, 0.15) is 0 Å². The maximum absolute atomic E-state index is 8.60. The molecular weight excluding hydrogens is 398 g/mol. The fourth-order valence-corrected chi connectivity index (χ4v) is 1.98. The summed E-state index contributed by atoms with van der Waals surface area (Å²) < 4.78 is 43.0. The van der Waals surface area contributed by atoms with Crippen LogP contribution in [0.25, 0.3) is 0 Å². The Morgan fingerprint density at radius 2 is 0.700 bits per heavy atom. The van der Waals surface area contributed by atoms with Gasteiger partial charge < -0.3 is 48.3 Å². The molecular formula is C20H43NO9. The zero-order valence-corrected chi connectivity index (χ0v) is 18.6. The molecule has 0 heterocycles. The predicted molar refractivity (Wildman–Crippen MR) is 112 cm³/mol. The van der Waals surface area contributed by atoms with E-state index in [9.17, 15) is 0 Å². The maximum atomic E-state index is 8.60. The van der Waals surface area contributed by atoms with Crippen molar-refractivity contribution in [2.75, 3.05) is 126 Å². The second-order valence-electron chi connectivity index (χ2n) is 6.08. The van der Waals surface area contributed by atoms with Gasteiger partial charge in [-0.05, 0) is 13.5 Å². The Labute approximate surface area is 181 Å². The highest BCUT2D eigenvalue weighted by atomic mass is 16.6. The monoisotopic (exact) mass is 441 g/mol. The maximum Gasteiger partial charge on any atom is 0.0701 e. The van der Waals surface area contributed by atoms with Gasteiger partial charge in [-0.2, -0.15) is 0 Å². The molecule has 0 aromatic carbocycles. The fourth-order valence-electron chi connectivity index (χ4n) is 1.98. The van der Waals surface area contributed by atoms with Crippen LogP contribution in [0.15, 0.2) is 0 Å². The van der Waals surface area contributed by atoms with E-state index in [1.54, 1.807) is 0 Å². The molecule has 0 fully saturated rings. The number of ether oxygens (including phenoxy) is 8. The SMILES string of the molecule is CNCCOCCOCCOCCOCCOCCOCCOCCOCCCO. The number of aliphatic hydroxyl groups is 1. The van der Waals surface area contributed by atoms with Crippen LogP contribution in [-0.2, 0) is 37.9 Å². The normalized spacial score (nSPS) is 11.4. The first kappa shape index (κ1) is 29.6. The largest absolute Gasteiger partial charge is 0.396 e. The molecule has 0 atom stereocenters. The summed E-state index contributed by atoms with van der Waals surface area (Å²) in [7, 11) is 1.89. The smallest absolute Gasteiger partial charge is 0.0701 e. The number of rotatable bonds is 27. The van der Waals surface area contributed by atoms with Gasteiger partial charge in [0.15, 0.2) is 0 Å². The minimum Gasteiger partial charge on any atom is -0.396 e. The van der Waals surface area contributed by atoms with Crippen LogP contribution in [0.5, 0.6) is 0 Å². The Bertz CT molecular complexity index is 273. The van der Waals surface area contributed by atoms with Crippen molar-refractivity contribution in [1.82, 2.24) is 5.32 Å². The van der Waals surface area contributed by atoms with Crippen LogP contribution in [0.2, 0.25) is 0 Å². The lowest BCUT2D eigenvalue weighted by atomic mass is 10.5. The van der Waals surface area contributed by atoms with E-state index >= 15 is 0 Å². The summed E-state index contributed by atoms with van der Waals surface area (Å²) in [4.78, 5) is 0. The molecule has 0 aromatic heterocycles. The van der Waals surface area contributed by atoms with Crippen LogP contribution in [-0.4, -0.2) is 131 Å². The molecule has 10 nitrogen and oxygen atoms in total. The molecule has 2 N–H and O–H groups in total. The third-order valence-electron chi connectivity index (χ3n) is 3.55. The Morgan fingerprint density at radius 1 is 0.433 bits per heavy atom. The van der Waals surface area contributed by atoms with Crippen molar-refractivity contribution in [3.05, 3.63) is 0 Å². The van der Waals surface area contributed by atoms with Crippen molar-refractivity contribution in [3.63, 3.8) is 0 Å². The van der Waals surface area contributed by atoms with Crippen LogP contribution in [0.3, 0.4) is 0 Å². The first-order valence-electron chi connectivity index (χ1n) is 10.8. The summed E-state index contributed by atoms with van der Waals surface area (Å²) in [6, 6.07) is 0. The zero-order valence-electron chi connectivity index (χ0n) is 18.6. The predicted octanol–water partition coefficient (Wildman–Crippen LogP) is -0.279. The molecule has 0 rings (SSSR count). The average molecular weight is 442 g/mol. The zero-order chi connectivity index (χ0) is 21.8. The molecule has 0 saturated heterocycles. The molecule has 0 aliphatic rings. The lowest BCUT2D eigenvalue weighted by Gasteiger charge is -2.08. The van der Waals surface area contributed by atoms with Crippen molar-refractivity contribution in [3.8, 4) is 0 Å². The minimum atomic E-state index is 0.155. The second kappa shape index (κ2) is 28.6. The molecule has 0 bridgehead atoms. The van der Waals surface area contributed by atoms with Gasteiger partial charge in [0, 0.05) is 19.8 Å². The topological polar surface area (TPSA) is 106 Å². The molecule has 0 radical (unpaired) electrons. The quantitative estimate of drug-likeness (QED) is 0.165. The van der Waals surface area contributed by atoms with E-state index in [0.29, 0.717) is 112 Å². The van der Waals surface area contributed by atoms with Crippen LogP contribution in [0.1, 0.15) is 6.42 Å². The van der Waals surface area contributed by atoms with Crippen molar-refractivity contribution in [1.29, 1.82) is 0 Å². The van der Waals surface area contributed by atoms with Gasteiger partial charge in [-0.3, -0.25) is 0 Å². The molecule has 0 aliphatic carbocycles. The molecule has 0 aromatic rings. The van der Waals surface area contributed by atoms with E-state index in [4.69, 9.17) is 43.0 Å². The molecule has 0 saturated carbocycles. The van der Waals surface area contributed by atoms with Crippen molar-refractivity contribution >= 4 is 0 Å². The van der Waals surface area contributed by atoms with E-state index in [1.807, 2.05) is 7.05 Å². The van der Waals surface area contributed by atoms with Crippen molar-refractivity contribution in [2.45, 2.75) is 6.42 Å². The summed E-state index contributed by atoms with van der Waals surface area (Å²) in [5, 5.41) is 11.6. The molecule has 0 spiro atoms. The summed E-state index contributed by atoms with van der Waals surface area (Å²) >= 11 is 0. The number of aliphatic hydroxyl groups excluding tert-OH is 1. The summed E-state index contributed by atoms with van der Waals surface area (Å²) in [6.07, 6.45) is 0.659. The first-order chi connectivity index (χ1) is 14.9. The molecule has 0 unspecified atom stereocenters. The van der Waals surface area contributed by atoms with Crippen LogP contribution in [0.4, 0.5) is 0 Å². The van der Waals surface area contributed by atoms with Crippen molar-refractivity contribution < 1.29 is 43.0 Å². The van der Waals surface area contributed by atoms with E-state index in [2.05, 4.69) is 5.32 Å². The van der Waals surface area contributed by atoms with Gasteiger partial charge in [-0.1, -0.05) is 0 Å². The molecule has 30 heavy (non-hydrogen) atoms. The second-order valence-corrected chi connectivity index (χ2v) is 6.08. The van der Waals surface area contributed by atoms with E-state index in [1.165, 1.54) is 0 Å². The highest BCUT2D eigenvalue weighted by Crippen LogP contribution is 1.86. The van der Waals surface area contributed by atoms with Crippen LogP contribution in [0, 0.1) is 0 Å².